The lowest BCUT2D eigenvalue weighted by molar-refractivity contribution is 0.0941. The highest BCUT2D eigenvalue weighted by atomic mass is 19.1. The molecule has 3 heterocycles. The van der Waals surface area contributed by atoms with Crippen LogP contribution in [0.1, 0.15) is 29.8 Å². The molecule has 2 aromatic carbocycles. The van der Waals surface area contributed by atoms with Gasteiger partial charge in [0.2, 0.25) is 5.95 Å². The Labute approximate surface area is 207 Å². The van der Waals surface area contributed by atoms with Gasteiger partial charge in [-0.2, -0.15) is 4.39 Å². The molecule has 0 atom stereocenters. The number of hydrogen-bond donors (Lipinski definition) is 2. The highest BCUT2D eigenvalue weighted by Gasteiger charge is 2.24. The van der Waals surface area contributed by atoms with Gasteiger partial charge in [0, 0.05) is 49.9 Å². The maximum Gasteiger partial charge on any atom is 0.254 e. The van der Waals surface area contributed by atoms with Crippen LogP contribution in [-0.4, -0.2) is 54.6 Å². The van der Waals surface area contributed by atoms with Crippen LogP contribution in [0, 0.1) is 17.6 Å². The number of hydrogen-bond acceptors (Lipinski definition) is 5. The van der Waals surface area contributed by atoms with Crippen molar-refractivity contribution < 1.29 is 18.0 Å². The van der Waals surface area contributed by atoms with Crippen molar-refractivity contribution in [3.05, 3.63) is 65.1 Å². The minimum absolute atomic E-state index is 0.00533. The summed E-state index contributed by atoms with van der Waals surface area (Å²) in [4.78, 5) is 20.2. The molecule has 188 valence electrons. The number of halogens is 3. The van der Waals surface area contributed by atoms with Crippen LogP contribution in [0.5, 0.6) is 0 Å². The molecule has 2 aliphatic rings. The third-order valence-electron chi connectivity index (χ3n) is 7.04. The number of carbonyl (C=O) groups is 1. The Hall–Kier alpha value is -3.59. The number of benzene rings is 2. The van der Waals surface area contributed by atoms with Crippen LogP contribution in [0.2, 0.25) is 0 Å². The fraction of sp³-hybridized carbons (Fsp3) is 0.333. The molecule has 9 heteroatoms. The van der Waals surface area contributed by atoms with Crippen molar-refractivity contribution in [1.29, 1.82) is 0 Å². The summed E-state index contributed by atoms with van der Waals surface area (Å²) in [7, 11) is 0. The van der Waals surface area contributed by atoms with E-state index >= 15 is 4.39 Å². The number of nitrogens with one attached hydrogen (secondary N) is 1. The van der Waals surface area contributed by atoms with Crippen LogP contribution in [0.4, 0.5) is 24.7 Å². The number of rotatable bonds is 4. The standard InChI is InChI=1S/C27H28F3N5O/c1-15(2)34-7-9-35(10-8-34)23-4-3-16(12-21(23)28)19-14-20(26(31)33-25(19)30)18-11-17-5-6-32-27(36)24(17)22(29)13-18/h3-4,11-15H,5-10H2,1-2H3,(H2,31,33)(H,32,36). The number of fused-ring (bicyclic) bond motifs is 1. The minimum Gasteiger partial charge on any atom is -0.383 e. The van der Waals surface area contributed by atoms with Crippen LogP contribution in [-0.2, 0) is 6.42 Å². The zero-order valence-electron chi connectivity index (χ0n) is 20.2. The lowest BCUT2D eigenvalue weighted by atomic mass is 9.93. The Balaban J connectivity index is 1.48. The average Bonchev–Trinajstić information content (AvgIpc) is 2.84. The molecule has 0 aliphatic carbocycles. The van der Waals surface area contributed by atoms with Crippen LogP contribution < -0.4 is 16.0 Å². The second-order valence-corrected chi connectivity index (χ2v) is 9.54. The van der Waals surface area contributed by atoms with Gasteiger partial charge in [0.15, 0.2) is 0 Å². The van der Waals surface area contributed by atoms with Gasteiger partial charge in [0.1, 0.15) is 17.5 Å². The molecule has 0 radical (unpaired) electrons. The fourth-order valence-electron chi connectivity index (χ4n) is 5.02. The molecule has 6 nitrogen and oxygen atoms in total. The van der Waals surface area contributed by atoms with E-state index in [0.717, 1.165) is 13.1 Å². The van der Waals surface area contributed by atoms with E-state index in [0.29, 0.717) is 60.0 Å². The first kappa shape index (κ1) is 24.1. The summed E-state index contributed by atoms with van der Waals surface area (Å²) < 4.78 is 44.9. The highest BCUT2D eigenvalue weighted by Crippen LogP contribution is 2.35. The van der Waals surface area contributed by atoms with Gasteiger partial charge in [-0.3, -0.25) is 9.69 Å². The van der Waals surface area contributed by atoms with E-state index < -0.39 is 23.5 Å². The van der Waals surface area contributed by atoms with E-state index in [-0.39, 0.29) is 16.9 Å². The van der Waals surface area contributed by atoms with Crippen molar-refractivity contribution >= 4 is 17.4 Å². The number of pyridine rings is 1. The molecule has 2 aliphatic heterocycles. The van der Waals surface area contributed by atoms with Crippen molar-refractivity contribution in [3.8, 4) is 22.3 Å². The lowest BCUT2D eigenvalue weighted by Gasteiger charge is -2.38. The molecule has 1 saturated heterocycles. The number of nitrogens with two attached hydrogens (primary N) is 1. The maximum absolute atomic E-state index is 15.2. The molecule has 0 unspecified atom stereocenters. The van der Waals surface area contributed by atoms with Crippen LogP contribution in [0.25, 0.3) is 22.3 Å². The number of carbonyl (C=O) groups excluding carboxylic acids is 1. The molecule has 36 heavy (non-hydrogen) atoms. The molecule has 1 amide bonds. The van der Waals surface area contributed by atoms with Gasteiger partial charge in [0.25, 0.3) is 5.91 Å². The monoisotopic (exact) mass is 495 g/mol. The van der Waals surface area contributed by atoms with Gasteiger partial charge in [-0.05, 0) is 67.3 Å². The highest BCUT2D eigenvalue weighted by molar-refractivity contribution is 5.98. The first-order valence-corrected chi connectivity index (χ1v) is 12.1. The number of nitrogens with zero attached hydrogens (tertiary/aromatic N) is 3. The molecule has 3 aromatic rings. The zero-order valence-corrected chi connectivity index (χ0v) is 20.2. The Bertz CT molecular complexity index is 1340. The largest absolute Gasteiger partial charge is 0.383 e. The number of amides is 1. The van der Waals surface area contributed by atoms with Gasteiger partial charge < -0.3 is 16.0 Å². The molecule has 1 fully saturated rings. The Morgan fingerprint density at radius 1 is 0.944 bits per heavy atom. The predicted molar refractivity (Wildman–Crippen MR) is 134 cm³/mol. The Morgan fingerprint density at radius 3 is 2.36 bits per heavy atom. The topological polar surface area (TPSA) is 74.5 Å². The number of piperazine rings is 1. The number of anilines is 2. The van der Waals surface area contributed by atoms with E-state index in [9.17, 15) is 13.6 Å². The second-order valence-electron chi connectivity index (χ2n) is 9.54. The Morgan fingerprint density at radius 2 is 1.67 bits per heavy atom. The SMILES string of the molecule is CC(C)N1CCN(c2ccc(-c3cc(-c4cc(F)c5c(c4)CCNC5=O)c(N)nc3F)cc2F)CC1. The van der Waals surface area contributed by atoms with E-state index in [1.165, 1.54) is 18.2 Å². The van der Waals surface area contributed by atoms with Crippen molar-refractivity contribution in [1.82, 2.24) is 15.2 Å². The summed E-state index contributed by atoms with van der Waals surface area (Å²) in [5.41, 5.74) is 8.09. The quantitative estimate of drug-likeness (QED) is 0.530. The molecule has 5 rings (SSSR count). The maximum atomic E-state index is 15.2. The summed E-state index contributed by atoms with van der Waals surface area (Å²) in [5.74, 6) is -2.55. The molecule has 3 N–H and O–H groups in total. The lowest BCUT2D eigenvalue weighted by Crippen LogP contribution is -2.49. The summed E-state index contributed by atoms with van der Waals surface area (Å²) in [5, 5.41) is 2.62. The van der Waals surface area contributed by atoms with Gasteiger partial charge in [-0.25, -0.2) is 13.8 Å². The average molecular weight is 496 g/mol. The summed E-state index contributed by atoms with van der Waals surface area (Å²) >= 11 is 0. The van der Waals surface area contributed by atoms with E-state index in [1.54, 1.807) is 18.2 Å². The van der Waals surface area contributed by atoms with Gasteiger partial charge in [-0.1, -0.05) is 6.07 Å². The summed E-state index contributed by atoms with van der Waals surface area (Å²) in [6, 6.07) is 9.37. The number of aromatic nitrogens is 1. The minimum atomic E-state index is -0.841. The second kappa shape index (κ2) is 9.46. The normalized spacial score (nSPS) is 16.3. The van der Waals surface area contributed by atoms with Gasteiger partial charge >= 0.3 is 0 Å². The van der Waals surface area contributed by atoms with Gasteiger partial charge in [0.05, 0.1) is 11.3 Å². The molecule has 0 saturated carbocycles. The first-order chi connectivity index (χ1) is 17.2. The summed E-state index contributed by atoms with van der Waals surface area (Å²) in [6.45, 7) is 7.79. The van der Waals surface area contributed by atoms with Crippen molar-refractivity contribution in [2.45, 2.75) is 26.3 Å². The molecule has 1 aromatic heterocycles. The molecule has 0 spiro atoms. The Kier molecular flexibility index (Phi) is 6.34. The van der Waals surface area contributed by atoms with E-state index in [4.69, 9.17) is 5.73 Å². The third kappa shape index (κ3) is 4.39. The fourth-order valence-corrected chi connectivity index (χ4v) is 5.02. The van der Waals surface area contributed by atoms with Crippen LogP contribution in [0.15, 0.2) is 36.4 Å². The zero-order chi connectivity index (χ0) is 25.6. The molecular formula is C27H28F3N5O. The van der Waals surface area contributed by atoms with Crippen molar-refractivity contribution in [2.75, 3.05) is 43.4 Å². The van der Waals surface area contributed by atoms with Gasteiger partial charge in [-0.15, -0.1) is 0 Å². The van der Waals surface area contributed by atoms with Crippen LogP contribution in [0.3, 0.4) is 0 Å². The number of nitrogen functional groups attached to an aromatic ring is 1. The van der Waals surface area contributed by atoms with Crippen molar-refractivity contribution in [2.24, 2.45) is 0 Å². The van der Waals surface area contributed by atoms with E-state index in [2.05, 4.69) is 29.0 Å². The predicted octanol–water partition coefficient (Wildman–Crippen LogP) is 4.23. The van der Waals surface area contributed by atoms with Crippen molar-refractivity contribution in [3.63, 3.8) is 0 Å². The first-order valence-electron chi connectivity index (χ1n) is 12.1. The smallest absolute Gasteiger partial charge is 0.254 e. The molecular weight excluding hydrogens is 467 g/mol. The summed E-state index contributed by atoms with van der Waals surface area (Å²) in [6.07, 6.45) is 0.464. The van der Waals surface area contributed by atoms with E-state index in [1.807, 2.05) is 4.90 Å². The molecule has 0 bridgehead atoms. The van der Waals surface area contributed by atoms with Crippen LogP contribution >= 0.6 is 0 Å². The third-order valence-corrected chi connectivity index (χ3v) is 7.04.